The smallest absolute Gasteiger partial charge is 0.408 e. The molecule has 0 heterocycles. The van der Waals surface area contributed by atoms with Gasteiger partial charge in [0.15, 0.2) is 0 Å². The third-order valence-electron chi connectivity index (χ3n) is 5.76. The van der Waals surface area contributed by atoms with Crippen molar-refractivity contribution in [1.82, 2.24) is 10.2 Å². The lowest BCUT2D eigenvalue weighted by atomic mass is 10.0. The quantitative estimate of drug-likeness (QED) is 0.319. The Morgan fingerprint density at radius 2 is 1.84 bits per heavy atom. The van der Waals surface area contributed by atoms with Gasteiger partial charge in [0.05, 0.1) is 10.7 Å². The summed E-state index contributed by atoms with van der Waals surface area (Å²) >= 11 is 10.7. The second kappa shape index (κ2) is 11.9. The van der Waals surface area contributed by atoms with Crippen LogP contribution in [0.25, 0.3) is 0 Å². The molecule has 7 nitrogen and oxygen atoms in total. The number of hydrogen-bond donors (Lipinski definition) is 3. The Balaban J connectivity index is 1.99. The fourth-order valence-corrected chi connectivity index (χ4v) is 4.38. The average Bonchev–Trinajstić information content (AvgIpc) is 3.67. The second-order valence-electron chi connectivity index (χ2n) is 9.95. The number of para-hydroxylation sites is 1. The Bertz CT molecular complexity index is 1180. The number of terminal acetylenes is 1. The Morgan fingerprint density at radius 3 is 2.35 bits per heavy atom. The van der Waals surface area contributed by atoms with E-state index in [-0.39, 0.29) is 11.8 Å². The number of thiol groups is 1. The maximum absolute atomic E-state index is 13.9. The number of benzene rings is 2. The minimum atomic E-state index is -0.999. The lowest BCUT2D eigenvalue weighted by Gasteiger charge is -2.34. The molecule has 9 heteroatoms. The lowest BCUT2D eigenvalue weighted by molar-refractivity contribution is -0.141. The number of carbonyl (C=O) groups is 3. The van der Waals surface area contributed by atoms with Gasteiger partial charge in [0.1, 0.15) is 17.7 Å². The molecule has 196 valence electrons. The molecule has 0 aromatic heterocycles. The summed E-state index contributed by atoms with van der Waals surface area (Å²) in [6, 6.07) is 10.1. The van der Waals surface area contributed by atoms with E-state index >= 15 is 0 Å². The summed E-state index contributed by atoms with van der Waals surface area (Å²) in [7, 11) is 0. The van der Waals surface area contributed by atoms with Gasteiger partial charge in [-0.05, 0) is 69.9 Å². The molecule has 0 aliphatic heterocycles. The van der Waals surface area contributed by atoms with Crippen LogP contribution in [-0.4, -0.2) is 46.2 Å². The van der Waals surface area contributed by atoms with Crippen molar-refractivity contribution < 1.29 is 19.1 Å². The van der Waals surface area contributed by atoms with E-state index in [9.17, 15) is 14.4 Å². The van der Waals surface area contributed by atoms with Gasteiger partial charge in [0.2, 0.25) is 5.91 Å². The van der Waals surface area contributed by atoms with Crippen LogP contribution in [0, 0.1) is 19.3 Å². The summed E-state index contributed by atoms with van der Waals surface area (Å²) in [6.07, 6.45) is 6.24. The molecule has 2 N–H and O–H groups in total. The molecule has 2 aromatic rings. The van der Waals surface area contributed by atoms with Crippen LogP contribution in [0.15, 0.2) is 42.5 Å². The van der Waals surface area contributed by atoms with Gasteiger partial charge in [0, 0.05) is 17.4 Å². The van der Waals surface area contributed by atoms with Crippen molar-refractivity contribution in [2.24, 2.45) is 0 Å². The predicted molar refractivity (Wildman–Crippen MR) is 149 cm³/mol. The number of anilines is 1. The molecular formula is C28H32ClN3O4S. The van der Waals surface area contributed by atoms with E-state index in [1.807, 2.05) is 13.0 Å². The van der Waals surface area contributed by atoms with Crippen LogP contribution in [-0.2, 0) is 14.3 Å². The van der Waals surface area contributed by atoms with Crippen molar-refractivity contribution in [3.63, 3.8) is 0 Å². The third-order valence-corrected chi connectivity index (χ3v) is 6.44. The largest absolute Gasteiger partial charge is 0.444 e. The molecule has 1 aliphatic rings. The molecule has 1 fully saturated rings. The van der Waals surface area contributed by atoms with Crippen LogP contribution < -0.4 is 10.6 Å². The first-order valence-electron chi connectivity index (χ1n) is 12.0. The van der Waals surface area contributed by atoms with Crippen LogP contribution in [0.4, 0.5) is 10.5 Å². The number of ether oxygens (including phenoxy) is 1. The van der Waals surface area contributed by atoms with E-state index in [1.165, 1.54) is 4.90 Å². The maximum Gasteiger partial charge on any atom is 0.408 e. The van der Waals surface area contributed by atoms with E-state index in [4.69, 9.17) is 22.8 Å². The summed E-state index contributed by atoms with van der Waals surface area (Å²) in [5.41, 5.74) is 1.75. The Kier molecular flexibility index (Phi) is 9.16. The number of alkyl carbamates (subject to hydrolysis) is 1. The molecule has 0 spiro atoms. The van der Waals surface area contributed by atoms with Gasteiger partial charge in [-0.15, -0.1) is 6.42 Å². The molecule has 0 saturated heterocycles. The van der Waals surface area contributed by atoms with Gasteiger partial charge in [0.25, 0.3) is 5.91 Å². The summed E-state index contributed by atoms with van der Waals surface area (Å²) in [5.74, 6) is 1.72. The number of carbonyl (C=O) groups excluding carboxylic acids is 3. The molecule has 2 unspecified atom stereocenters. The zero-order valence-electron chi connectivity index (χ0n) is 21.4. The van der Waals surface area contributed by atoms with Crippen LogP contribution in [0.3, 0.4) is 0 Å². The summed E-state index contributed by atoms with van der Waals surface area (Å²) in [5, 5.41) is 5.91. The normalized spacial score (nSPS) is 14.6. The highest BCUT2D eigenvalue weighted by atomic mass is 35.5. The fraction of sp³-hybridized carbons (Fsp3) is 0.393. The average molecular weight is 542 g/mol. The predicted octanol–water partition coefficient (Wildman–Crippen LogP) is 5.12. The topological polar surface area (TPSA) is 87.7 Å². The van der Waals surface area contributed by atoms with Gasteiger partial charge in [-0.25, -0.2) is 4.79 Å². The molecule has 0 radical (unpaired) electrons. The van der Waals surface area contributed by atoms with Gasteiger partial charge < -0.3 is 20.3 Å². The number of rotatable bonds is 8. The van der Waals surface area contributed by atoms with E-state index in [1.54, 1.807) is 57.2 Å². The fourth-order valence-electron chi connectivity index (χ4n) is 3.87. The highest BCUT2D eigenvalue weighted by molar-refractivity contribution is 7.80. The van der Waals surface area contributed by atoms with Crippen molar-refractivity contribution in [3.8, 4) is 12.3 Å². The first-order chi connectivity index (χ1) is 17.4. The number of nitrogens with one attached hydrogen (secondary N) is 2. The van der Waals surface area contributed by atoms with Crippen LogP contribution in [0.2, 0.25) is 5.02 Å². The van der Waals surface area contributed by atoms with Crippen molar-refractivity contribution in [1.29, 1.82) is 0 Å². The van der Waals surface area contributed by atoms with E-state index in [0.717, 1.165) is 18.4 Å². The van der Waals surface area contributed by atoms with E-state index in [0.29, 0.717) is 21.8 Å². The number of nitrogens with zero attached hydrogens (tertiary/aromatic N) is 1. The Hall–Kier alpha value is -3.15. The number of hydrogen-bond acceptors (Lipinski definition) is 5. The van der Waals surface area contributed by atoms with Crippen molar-refractivity contribution in [3.05, 3.63) is 64.2 Å². The van der Waals surface area contributed by atoms with Gasteiger partial charge in [-0.3, -0.25) is 9.59 Å². The first-order valence-corrected chi connectivity index (χ1v) is 13.0. The summed E-state index contributed by atoms with van der Waals surface area (Å²) < 4.78 is 5.33. The van der Waals surface area contributed by atoms with Gasteiger partial charge >= 0.3 is 6.09 Å². The van der Waals surface area contributed by atoms with Crippen LogP contribution in [0.5, 0.6) is 0 Å². The van der Waals surface area contributed by atoms with Gasteiger partial charge in [-0.2, -0.15) is 12.6 Å². The molecule has 3 rings (SSSR count). The Labute approximate surface area is 228 Å². The van der Waals surface area contributed by atoms with Gasteiger partial charge in [-0.1, -0.05) is 41.8 Å². The zero-order chi connectivity index (χ0) is 27.3. The van der Waals surface area contributed by atoms with Crippen molar-refractivity contribution in [2.45, 2.75) is 64.3 Å². The summed E-state index contributed by atoms with van der Waals surface area (Å²) in [6.45, 7) is 7.04. The van der Waals surface area contributed by atoms with Crippen molar-refractivity contribution in [2.75, 3.05) is 11.1 Å². The number of halogens is 1. The highest BCUT2D eigenvalue weighted by Gasteiger charge is 2.44. The molecule has 1 aliphatic carbocycles. The molecule has 0 bridgehead atoms. The minimum Gasteiger partial charge on any atom is -0.444 e. The lowest BCUT2D eigenvalue weighted by Crippen LogP contribution is -2.54. The SMILES string of the molecule is C#Cc1ccc(C(C(=O)Nc2c(C)cccc2Cl)N(C(=O)C(CS)NC(=O)OC(C)(C)C)C2CC2)cc1. The Morgan fingerprint density at radius 1 is 1.19 bits per heavy atom. The minimum absolute atomic E-state index is 0.0231. The molecule has 3 amide bonds. The zero-order valence-corrected chi connectivity index (χ0v) is 23.0. The molecule has 37 heavy (non-hydrogen) atoms. The van der Waals surface area contributed by atoms with Crippen molar-refractivity contribution >= 4 is 47.8 Å². The monoisotopic (exact) mass is 541 g/mol. The third kappa shape index (κ3) is 7.43. The first kappa shape index (κ1) is 28.4. The molecular weight excluding hydrogens is 510 g/mol. The summed E-state index contributed by atoms with van der Waals surface area (Å²) in [4.78, 5) is 41.7. The number of amides is 3. The van der Waals surface area contributed by atoms with Crippen LogP contribution >= 0.6 is 24.2 Å². The van der Waals surface area contributed by atoms with E-state index < -0.39 is 35.6 Å². The molecule has 1 saturated carbocycles. The standard InChI is InChI=1S/C28H32ClN3O4S/c1-6-18-10-12-19(13-11-18)24(25(33)31-23-17(2)8-7-9-21(23)29)32(20-14-15-20)26(34)22(16-37)30-27(35)36-28(3,4)5/h1,7-13,20,22,24,37H,14-16H2,2-5H3,(H,30,35)(H,31,33). The maximum atomic E-state index is 13.9. The highest BCUT2D eigenvalue weighted by Crippen LogP contribution is 2.37. The molecule has 2 atom stereocenters. The number of aryl methyl sites for hydroxylation is 1. The van der Waals surface area contributed by atoms with Crippen LogP contribution in [0.1, 0.15) is 56.3 Å². The molecule has 2 aromatic carbocycles. The second-order valence-corrected chi connectivity index (χ2v) is 10.7. The van der Waals surface area contributed by atoms with E-state index in [2.05, 4.69) is 29.2 Å².